The molecule has 33 heavy (non-hydrogen) atoms. The van der Waals surface area contributed by atoms with Gasteiger partial charge in [-0.15, -0.1) is 0 Å². The highest BCUT2D eigenvalue weighted by molar-refractivity contribution is 5.56. The van der Waals surface area contributed by atoms with E-state index in [0.29, 0.717) is 24.0 Å². The van der Waals surface area contributed by atoms with Crippen LogP contribution < -0.4 is 0 Å². The maximum Gasteiger partial charge on any atom is 0.389 e. The molecule has 0 saturated carbocycles. The van der Waals surface area contributed by atoms with Crippen LogP contribution in [0.1, 0.15) is 59.1 Å². The van der Waals surface area contributed by atoms with Crippen LogP contribution in [0, 0.1) is 18.6 Å². The highest BCUT2D eigenvalue weighted by Crippen LogP contribution is 2.43. The Morgan fingerprint density at radius 2 is 1.30 bits per heavy atom. The Kier molecular flexibility index (Phi) is 7.30. The lowest BCUT2D eigenvalue weighted by Crippen LogP contribution is -2.11. The number of aryl methyl sites for hydroxylation is 3. The van der Waals surface area contributed by atoms with Crippen molar-refractivity contribution in [1.29, 1.82) is 0 Å². The third-order valence-electron chi connectivity index (χ3n) is 5.71. The van der Waals surface area contributed by atoms with Crippen molar-refractivity contribution >= 4 is 0 Å². The number of halogens is 5. The Morgan fingerprint density at radius 1 is 0.788 bits per heavy atom. The number of rotatable bonds is 7. The zero-order valence-electron chi connectivity index (χ0n) is 18.3. The number of hydrogen-bond acceptors (Lipinski definition) is 2. The van der Waals surface area contributed by atoms with Crippen LogP contribution in [-0.4, -0.2) is 16.4 Å². The van der Waals surface area contributed by atoms with Gasteiger partial charge >= 0.3 is 6.18 Å². The summed E-state index contributed by atoms with van der Waals surface area (Å²) in [6.07, 6.45) is -5.22. The summed E-state index contributed by atoms with van der Waals surface area (Å²) >= 11 is 0. The molecule has 7 heteroatoms. The Labute approximate surface area is 189 Å². The molecule has 1 atom stereocenters. The lowest BCUT2D eigenvalue weighted by atomic mass is 9.81. The predicted molar refractivity (Wildman–Crippen MR) is 117 cm³/mol. The van der Waals surface area contributed by atoms with E-state index in [1.54, 1.807) is 31.2 Å². The average Bonchev–Trinajstić information content (AvgIpc) is 2.73. The summed E-state index contributed by atoms with van der Waals surface area (Å²) in [4.78, 5) is 0. The van der Waals surface area contributed by atoms with E-state index >= 15 is 0 Å². The van der Waals surface area contributed by atoms with Gasteiger partial charge in [-0.2, -0.15) is 13.2 Å². The number of aromatic hydroxyl groups is 2. The highest BCUT2D eigenvalue weighted by Gasteiger charge is 2.29. The largest absolute Gasteiger partial charge is 0.508 e. The van der Waals surface area contributed by atoms with Gasteiger partial charge in [-0.3, -0.25) is 0 Å². The van der Waals surface area contributed by atoms with Crippen molar-refractivity contribution in [2.24, 2.45) is 0 Å². The fourth-order valence-corrected chi connectivity index (χ4v) is 4.05. The van der Waals surface area contributed by atoms with Gasteiger partial charge in [0.15, 0.2) is 0 Å². The zero-order valence-corrected chi connectivity index (χ0v) is 18.3. The minimum absolute atomic E-state index is 0.0236. The monoisotopic (exact) mass is 464 g/mol. The van der Waals surface area contributed by atoms with Gasteiger partial charge in [0.1, 0.15) is 23.1 Å². The second-order valence-electron chi connectivity index (χ2n) is 8.16. The Balaban J connectivity index is 2.18. The maximum absolute atomic E-state index is 14.8. The van der Waals surface area contributed by atoms with Crippen LogP contribution in [-0.2, 0) is 12.8 Å². The molecule has 3 aromatic carbocycles. The smallest absolute Gasteiger partial charge is 0.389 e. The van der Waals surface area contributed by atoms with Crippen molar-refractivity contribution in [3.63, 3.8) is 0 Å². The van der Waals surface area contributed by atoms with Crippen LogP contribution in [0.4, 0.5) is 22.0 Å². The first-order valence-corrected chi connectivity index (χ1v) is 10.7. The molecule has 0 radical (unpaired) electrons. The van der Waals surface area contributed by atoms with Gasteiger partial charge in [0.2, 0.25) is 0 Å². The quantitative estimate of drug-likeness (QED) is 0.284. The zero-order chi connectivity index (χ0) is 24.3. The van der Waals surface area contributed by atoms with Gasteiger partial charge in [0.05, 0.1) is 0 Å². The molecule has 3 rings (SSSR count). The molecule has 0 bridgehead atoms. The van der Waals surface area contributed by atoms with Gasteiger partial charge in [-0.1, -0.05) is 37.6 Å². The fourth-order valence-electron chi connectivity index (χ4n) is 4.05. The lowest BCUT2D eigenvalue weighted by Gasteiger charge is -2.24. The standard InChI is InChI=1S/C26H25F5O2/c1-3-6-16-11-23(32)19(13-21(16)27)25(18-8-5-4-7-15(18)2)20-14-22(28)17(12-24(20)33)9-10-26(29,30)31/h4-5,7-8,11-14,25,32-33H,3,6,9-10H2,1-2H3. The Bertz CT molecular complexity index is 1140. The van der Waals surface area contributed by atoms with Crippen LogP contribution in [0.3, 0.4) is 0 Å². The van der Waals surface area contributed by atoms with Crippen molar-refractivity contribution in [3.8, 4) is 11.5 Å². The van der Waals surface area contributed by atoms with Crippen molar-refractivity contribution in [3.05, 3.63) is 93.5 Å². The van der Waals surface area contributed by atoms with Gasteiger partial charge in [-0.05, 0) is 66.3 Å². The molecule has 3 aromatic rings. The van der Waals surface area contributed by atoms with E-state index in [1.807, 2.05) is 6.92 Å². The number of phenols is 2. The Hall–Kier alpha value is -3.09. The van der Waals surface area contributed by atoms with E-state index in [-0.39, 0.29) is 22.4 Å². The summed E-state index contributed by atoms with van der Waals surface area (Å²) in [5.41, 5.74) is 1.55. The first kappa shape index (κ1) is 24.6. The summed E-state index contributed by atoms with van der Waals surface area (Å²) in [7, 11) is 0. The second kappa shape index (κ2) is 9.81. The van der Waals surface area contributed by atoms with Crippen molar-refractivity contribution < 1.29 is 32.2 Å². The van der Waals surface area contributed by atoms with E-state index in [9.17, 15) is 32.2 Å². The minimum Gasteiger partial charge on any atom is -0.508 e. The van der Waals surface area contributed by atoms with Crippen LogP contribution in [0.25, 0.3) is 0 Å². The average molecular weight is 464 g/mol. The van der Waals surface area contributed by atoms with Crippen LogP contribution >= 0.6 is 0 Å². The van der Waals surface area contributed by atoms with E-state index in [1.165, 1.54) is 12.1 Å². The molecule has 0 fully saturated rings. The van der Waals surface area contributed by atoms with Gasteiger partial charge < -0.3 is 10.2 Å². The molecular formula is C26H25F5O2. The number of benzene rings is 3. The topological polar surface area (TPSA) is 40.5 Å². The normalized spacial score (nSPS) is 12.7. The third-order valence-corrected chi connectivity index (χ3v) is 5.71. The van der Waals surface area contributed by atoms with E-state index in [0.717, 1.165) is 17.7 Å². The molecule has 0 spiro atoms. The van der Waals surface area contributed by atoms with E-state index in [4.69, 9.17) is 0 Å². The summed E-state index contributed by atoms with van der Waals surface area (Å²) in [5.74, 6) is -3.03. The van der Waals surface area contributed by atoms with Crippen molar-refractivity contribution in [2.75, 3.05) is 0 Å². The van der Waals surface area contributed by atoms with Crippen LogP contribution in [0.2, 0.25) is 0 Å². The SMILES string of the molecule is CCCc1cc(O)c(C(c2ccccc2C)c2cc(F)c(CCC(F)(F)F)cc2O)cc1F. The van der Waals surface area contributed by atoms with Crippen molar-refractivity contribution in [1.82, 2.24) is 0 Å². The lowest BCUT2D eigenvalue weighted by molar-refractivity contribution is -0.134. The third kappa shape index (κ3) is 5.64. The summed E-state index contributed by atoms with van der Waals surface area (Å²) in [6, 6.07) is 11.4. The maximum atomic E-state index is 14.8. The first-order chi connectivity index (χ1) is 15.5. The number of phenolic OH excluding ortho intramolecular Hbond substituents is 2. The second-order valence-corrected chi connectivity index (χ2v) is 8.16. The van der Waals surface area contributed by atoms with E-state index < -0.39 is 42.3 Å². The molecule has 0 heterocycles. The minimum atomic E-state index is -4.46. The molecule has 0 aromatic heterocycles. The number of hydrogen-bond donors (Lipinski definition) is 2. The molecular weight excluding hydrogens is 439 g/mol. The molecule has 1 unspecified atom stereocenters. The molecule has 0 amide bonds. The predicted octanol–water partition coefficient (Wildman–Crippen LogP) is 7.31. The molecule has 0 aliphatic heterocycles. The van der Waals surface area contributed by atoms with Crippen LogP contribution in [0.15, 0.2) is 48.5 Å². The van der Waals surface area contributed by atoms with Gasteiger partial charge in [0.25, 0.3) is 0 Å². The molecule has 2 N–H and O–H groups in total. The summed E-state index contributed by atoms with van der Waals surface area (Å²) in [6.45, 7) is 3.66. The molecule has 0 saturated heterocycles. The fraction of sp³-hybridized carbons (Fsp3) is 0.308. The van der Waals surface area contributed by atoms with Crippen LogP contribution in [0.5, 0.6) is 11.5 Å². The molecule has 176 valence electrons. The molecule has 0 aliphatic carbocycles. The van der Waals surface area contributed by atoms with Gasteiger partial charge in [0, 0.05) is 23.5 Å². The molecule has 2 nitrogen and oxygen atoms in total. The Morgan fingerprint density at radius 3 is 1.79 bits per heavy atom. The highest BCUT2D eigenvalue weighted by atomic mass is 19.4. The van der Waals surface area contributed by atoms with E-state index in [2.05, 4.69) is 0 Å². The van der Waals surface area contributed by atoms with Gasteiger partial charge in [-0.25, -0.2) is 8.78 Å². The van der Waals surface area contributed by atoms with Crippen molar-refractivity contribution in [2.45, 2.75) is 51.6 Å². The summed E-state index contributed by atoms with van der Waals surface area (Å²) < 4.78 is 67.4. The first-order valence-electron chi connectivity index (χ1n) is 10.7. The summed E-state index contributed by atoms with van der Waals surface area (Å²) in [5, 5.41) is 21.5. The number of alkyl halides is 3. The molecule has 0 aliphatic rings.